The van der Waals surface area contributed by atoms with Crippen molar-refractivity contribution >= 4 is 17.6 Å². The second-order valence-corrected chi connectivity index (χ2v) is 4.80. The molecule has 0 aliphatic carbocycles. The Hall–Kier alpha value is -2.12. The standard InChI is InChI=1S/C13H17N3O4/c14-10(12(17)18)6-9-7-11(13(19)20)15-16(9)8-4-2-1-3-5-8/h1-5,9-11,15H,6-7,14H2,(H,17,18)(H,19,20)/t9-,10+,11+/m0/s1. The maximum atomic E-state index is 11.1. The molecule has 1 aliphatic heterocycles. The smallest absolute Gasteiger partial charge is 0.322 e. The highest BCUT2D eigenvalue weighted by atomic mass is 16.4. The van der Waals surface area contributed by atoms with Gasteiger partial charge in [-0.2, -0.15) is 0 Å². The summed E-state index contributed by atoms with van der Waals surface area (Å²) in [4.78, 5) is 22.0. The molecule has 108 valence electrons. The van der Waals surface area contributed by atoms with Crippen molar-refractivity contribution < 1.29 is 19.8 Å². The Kier molecular flexibility index (Phi) is 4.21. The predicted molar refractivity (Wildman–Crippen MR) is 72.1 cm³/mol. The Balaban J connectivity index is 2.17. The topological polar surface area (TPSA) is 116 Å². The largest absolute Gasteiger partial charge is 0.480 e. The van der Waals surface area contributed by atoms with Crippen molar-refractivity contribution in [2.45, 2.75) is 31.0 Å². The lowest BCUT2D eigenvalue weighted by atomic mass is 10.0. The molecule has 1 aliphatic rings. The summed E-state index contributed by atoms with van der Waals surface area (Å²) in [6.45, 7) is 0. The van der Waals surface area contributed by atoms with Crippen LogP contribution in [0.25, 0.3) is 0 Å². The number of carboxylic acids is 2. The number of aliphatic carboxylic acids is 2. The molecule has 3 atom stereocenters. The van der Waals surface area contributed by atoms with Crippen LogP contribution >= 0.6 is 0 Å². The molecular weight excluding hydrogens is 262 g/mol. The quantitative estimate of drug-likeness (QED) is 0.600. The summed E-state index contributed by atoms with van der Waals surface area (Å²) in [7, 11) is 0. The lowest BCUT2D eigenvalue weighted by Gasteiger charge is -2.27. The van der Waals surface area contributed by atoms with Crippen molar-refractivity contribution in [2.24, 2.45) is 5.73 Å². The number of nitrogens with zero attached hydrogens (tertiary/aromatic N) is 1. The summed E-state index contributed by atoms with van der Waals surface area (Å²) < 4.78 is 0. The van der Waals surface area contributed by atoms with E-state index in [1.807, 2.05) is 30.3 Å². The van der Waals surface area contributed by atoms with Gasteiger partial charge in [-0.15, -0.1) is 0 Å². The molecule has 0 saturated carbocycles. The van der Waals surface area contributed by atoms with E-state index in [1.54, 1.807) is 5.01 Å². The number of hydrazine groups is 1. The number of para-hydroxylation sites is 1. The Labute approximate surface area is 116 Å². The molecule has 0 amide bonds. The van der Waals surface area contributed by atoms with Gasteiger partial charge in [-0.1, -0.05) is 18.2 Å². The molecule has 0 unspecified atom stereocenters. The zero-order valence-electron chi connectivity index (χ0n) is 10.8. The summed E-state index contributed by atoms with van der Waals surface area (Å²) in [6.07, 6.45) is 0.492. The molecule has 0 bridgehead atoms. The van der Waals surface area contributed by atoms with Crippen molar-refractivity contribution in [1.82, 2.24) is 5.43 Å². The first-order valence-corrected chi connectivity index (χ1v) is 6.30. The molecule has 0 radical (unpaired) electrons. The molecule has 1 fully saturated rings. The van der Waals surface area contributed by atoms with E-state index in [1.165, 1.54) is 0 Å². The number of rotatable bonds is 5. The fourth-order valence-corrected chi connectivity index (χ4v) is 2.33. The Morgan fingerprint density at radius 2 is 2.00 bits per heavy atom. The molecule has 0 aromatic heterocycles. The minimum Gasteiger partial charge on any atom is -0.480 e. The molecule has 20 heavy (non-hydrogen) atoms. The Morgan fingerprint density at radius 1 is 1.35 bits per heavy atom. The van der Waals surface area contributed by atoms with Crippen LogP contribution in [0.15, 0.2) is 30.3 Å². The third-order valence-corrected chi connectivity index (χ3v) is 3.34. The lowest BCUT2D eigenvalue weighted by molar-refractivity contribution is -0.139. The summed E-state index contributed by atoms with van der Waals surface area (Å²) >= 11 is 0. The minimum absolute atomic E-state index is 0.182. The second-order valence-electron chi connectivity index (χ2n) is 4.80. The van der Waals surface area contributed by atoms with Crippen molar-refractivity contribution in [3.05, 3.63) is 30.3 Å². The molecule has 1 aromatic rings. The first-order valence-electron chi connectivity index (χ1n) is 6.30. The second kappa shape index (κ2) is 5.89. The van der Waals surface area contributed by atoms with Crippen LogP contribution in [0.4, 0.5) is 5.69 Å². The summed E-state index contributed by atoms with van der Waals surface area (Å²) in [5.41, 5.74) is 9.23. The monoisotopic (exact) mass is 279 g/mol. The number of benzene rings is 1. The average Bonchev–Trinajstić information content (AvgIpc) is 2.83. The maximum absolute atomic E-state index is 11.1. The number of hydrogen-bond acceptors (Lipinski definition) is 5. The van der Waals surface area contributed by atoms with Gasteiger partial charge >= 0.3 is 11.9 Å². The van der Waals surface area contributed by atoms with Crippen LogP contribution in [0.2, 0.25) is 0 Å². The van der Waals surface area contributed by atoms with E-state index in [9.17, 15) is 9.59 Å². The van der Waals surface area contributed by atoms with Gasteiger partial charge in [-0.05, 0) is 25.0 Å². The van der Waals surface area contributed by atoms with Gasteiger partial charge in [0.1, 0.15) is 12.1 Å². The van der Waals surface area contributed by atoms with Crippen LogP contribution in [-0.2, 0) is 9.59 Å². The third kappa shape index (κ3) is 3.06. The number of carbonyl (C=O) groups is 2. The van der Waals surface area contributed by atoms with Gasteiger partial charge in [0, 0.05) is 6.04 Å². The first-order chi connectivity index (χ1) is 9.49. The van der Waals surface area contributed by atoms with Crippen LogP contribution < -0.4 is 16.2 Å². The number of nitrogens with two attached hydrogens (primary N) is 1. The Morgan fingerprint density at radius 3 is 2.55 bits per heavy atom. The maximum Gasteiger partial charge on any atom is 0.322 e. The fraction of sp³-hybridized carbons (Fsp3) is 0.385. The molecule has 1 saturated heterocycles. The molecule has 5 N–H and O–H groups in total. The van der Waals surface area contributed by atoms with Crippen molar-refractivity contribution in [3.63, 3.8) is 0 Å². The number of carboxylic acid groups (broad SMARTS) is 2. The van der Waals surface area contributed by atoms with Crippen molar-refractivity contribution in [1.29, 1.82) is 0 Å². The SMILES string of the molecule is N[C@H](C[C@H]1C[C@H](C(=O)O)NN1c1ccccc1)C(=O)O. The van der Waals surface area contributed by atoms with E-state index < -0.39 is 24.0 Å². The highest BCUT2D eigenvalue weighted by molar-refractivity contribution is 5.75. The van der Waals surface area contributed by atoms with E-state index in [2.05, 4.69) is 5.43 Å². The molecule has 2 rings (SSSR count). The predicted octanol–water partition coefficient (Wildman–Crippen LogP) is 0.0251. The molecule has 0 spiro atoms. The van der Waals surface area contributed by atoms with Crippen LogP contribution in [0.1, 0.15) is 12.8 Å². The zero-order valence-corrected chi connectivity index (χ0v) is 10.8. The van der Waals surface area contributed by atoms with E-state index in [0.29, 0.717) is 6.42 Å². The fourth-order valence-electron chi connectivity index (χ4n) is 2.33. The number of nitrogens with one attached hydrogen (secondary N) is 1. The zero-order chi connectivity index (χ0) is 14.7. The van der Waals surface area contributed by atoms with Gasteiger partial charge in [0.2, 0.25) is 0 Å². The van der Waals surface area contributed by atoms with E-state index >= 15 is 0 Å². The van der Waals surface area contributed by atoms with E-state index in [0.717, 1.165) is 5.69 Å². The first kappa shape index (κ1) is 14.3. The van der Waals surface area contributed by atoms with Gasteiger partial charge in [-0.3, -0.25) is 9.59 Å². The van der Waals surface area contributed by atoms with Gasteiger partial charge in [0.15, 0.2) is 0 Å². The Bertz CT molecular complexity index is 494. The van der Waals surface area contributed by atoms with Crippen LogP contribution in [0.5, 0.6) is 0 Å². The van der Waals surface area contributed by atoms with Gasteiger partial charge in [0.05, 0.1) is 5.69 Å². The summed E-state index contributed by atoms with van der Waals surface area (Å²) in [6, 6.07) is 7.16. The lowest BCUT2D eigenvalue weighted by Crippen LogP contribution is -2.44. The normalized spacial score (nSPS) is 23.6. The van der Waals surface area contributed by atoms with E-state index in [-0.39, 0.29) is 12.5 Å². The molecule has 7 heteroatoms. The molecule has 1 aromatic carbocycles. The van der Waals surface area contributed by atoms with Crippen LogP contribution in [-0.4, -0.2) is 40.3 Å². The summed E-state index contributed by atoms with van der Waals surface area (Å²) in [5.74, 6) is -2.05. The average molecular weight is 279 g/mol. The molecule has 1 heterocycles. The highest BCUT2D eigenvalue weighted by Gasteiger charge is 2.37. The summed E-state index contributed by atoms with van der Waals surface area (Å²) in [5, 5.41) is 19.7. The van der Waals surface area contributed by atoms with Crippen LogP contribution in [0.3, 0.4) is 0 Å². The van der Waals surface area contributed by atoms with Crippen molar-refractivity contribution in [2.75, 3.05) is 5.01 Å². The molecule has 7 nitrogen and oxygen atoms in total. The van der Waals surface area contributed by atoms with Gasteiger partial charge < -0.3 is 21.0 Å². The van der Waals surface area contributed by atoms with Crippen molar-refractivity contribution in [3.8, 4) is 0 Å². The van der Waals surface area contributed by atoms with Crippen LogP contribution in [0, 0.1) is 0 Å². The van der Waals surface area contributed by atoms with E-state index in [4.69, 9.17) is 15.9 Å². The van der Waals surface area contributed by atoms with Gasteiger partial charge in [0.25, 0.3) is 0 Å². The minimum atomic E-state index is -1.09. The number of anilines is 1. The third-order valence-electron chi connectivity index (χ3n) is 3.34. The molecular formula is C13H17N3O4. The highest BCUT2D eigenvalue weighted by Crippen LogP contribution is 2.25. The number of hydrogen-bond donors (Lipinski definition) is 4. The van der Waals surface area contributed by atoms with Gasteiger partial charge in [-0.25, -0.2) is 5.43 Å².